The minimum absolute atomic E-state index is 0.195. The molecule has 0 aromatic heterocycles. The van der Waals surface area contributed by atoms with Crippen LogP contribution in [0.15, 0.2) is 0 Å². The summed E-state index contributed by atoms with van der Waals surface area (Å²) in [5, 5.41) is 2.41. The van der Waals surface area contributed by atoms with Gasteiger partial charge in [0.05, 0.1) is 7.11 Å². The summed E-state index contributed by atoms with van der Waals surface area (Å²) < 4.78 is 9.82. The van der Waals surface area contributed by atoms with Crippen LogP contribution in [0.1, 0.15) is 40.0 Å². The molecule has 1 heterocycles. The van der Waals surface area contributed by atoms with Gasteiger partial charge in [0.1, 0.15) is 5.60 Å². The Morgan fingerprint density at radius 3 is 2.33 bits per heavy atom. The van der Waals surface area contributed by atoms with E-state index in [0.717, 1.165) is 0 Å². The number of esters is 2. The molecule has 0 bridgehead atoms. The second-order valence-electron chi connectivity index (χ2n) is 5.30. The zero-order valence-electron chi connectivity index (χ0n) is 11.2. The highest BCUT2D eigenvalue weighted by molar-refractivity contribution is 6.08. The highest BCUT2D eigenvalue weighted by atomic mass is 16.6. The second kappa shape index (κ2) is 4.96. The summed E-state index contributed by atoms with van der Waals surface area (Å²) in [6.07, 6.45) is 0.933. The zero-order chi connectivity index (χ0) is 14.0. The van der Waals surface area contributed by atoms with Crippen molar-refractivity contribution < 1.29 is 23.9 Å². The highest BCUT2D eigenvalue weighted by Gasteiger charge is 2.52. The van der Waals surface area contributed by atoms with E-state index in [4.69, 9.17) is 4.74 Å². The number of hydrogen-bond donors (Lipinski definition) is 1. The van der Waals surface area contributed by atoms with Crippen LogP contribution in [0.4, 0.5) is 0 Å². The van der Waals surface area contributed by atoms with Crippen LogP contribution in [0.3, 0.4) is 0 Å². The Kier molecular flexibility index (Phi) is 3.98. The third-order valence-electron chi connectivity index (χ3n) is 2.59. The van der Waals surface area contributed by atoms with Gasteiger partial charge in [-0.2, -0.15) is 0 Å². The molecule has 1 aliphatic heterocycles. The fourth-order valence-electron chi connectivity index (χ4n) is 1.81. The van der Waals surface area contributed by atoms with Crippen molar-refractivity contribution in [2.45, 2.75) is 51.2 Å². The second-order valence-corrected chi connectivity index (χ2v) is 5.30. The molecule has 0 aliphatic carbocycles. The van der Waals surface area contributed by atoms with Gasteiger partial charge in [-0.15, -0.1) is 0 Å². The van der Waals surface area contributed by atoms with Crippen LogP contribution < -0.4 is 5.32 Å². The number of piperidine rings is 1. The number of rotatable bonds is 2. The van der Waals surface area contributed by atoms with Crippen molar-refractivity contribution in [3.63, 3.8) is 0 Å². The van der Waals surface area contributed by atoms with Gasteiger partial charge in [-0.25, -0.2) is 9.59 Å². The molecule has 0 aromatic rings. The minimum atomic E-state index is -1.70. The number of amides is 1. The van der Waals surface area contributed by atoms with Crippen LogP contribution in [0.25, 0.3) is 0 Å². The largest absolute Gasteiger partial charge is 0.467 e. The lowest BCUT2D eigenvalue weighted by molar-refractivity contribution is -0.176. The van der Waals surface area contributed by atoms with Crippen molar-refractivity contribution in [3.8, 4) is 0 Å². The summed E-state index contributed by atoms with van der Waals surface area (Å²) in [6, 6.07) is 0. The Morgan fingerprint density at radius 2 is 1.89 bits per heavy atom. The smallest absolute Gasteiger partial charge is 0.344 e. The molecule has 18 heavy (non-hydrogen) atoms. The van der Waals surface area contributed by atoms with Gasteiger partial charge in [0, 0.05) is 6.42 Å². The number of carbonyl (C=O) groups is 3. The quantitative estimate of drug-likeness (QED) is 0.576. The normalized spacial score (nSPS) is 24.1. The molecule has 1 atom stereocenters. The molecule has 0 spiro atoms. The van der Waals surface area contributed by atoms with Crippen molar-refractivity contribution in [1.82, 2.24) is 5.32 Å². The summed E-state index contributed by atoms with van der Waals surface area (Å²) in [6.45, 7) is 5.08. The van der Waals surface area contributed by atoms with Gasteiger partial charge in [0.15, 0.2) is 0 Å². The average Bonchev–Trinajstić information content (AvgIpc) is 2.25. The Labute approximate surface area is 106 Å². The minimum Gasteiger partial charge on any atom is -0.467 e. The van der Waals surface area contributed by atoms with E-state index in [1.807, 2.05) is 0 Å². The molecule has 0 saturated carbocycles. The van der Waals surface area contributed by atoms with E-state index in [9.17, 15) is 14.4 Å². The summed E-state index contributed by atoms with van der Waals surface area (Å²) in [4.78, 5) is 35.4. The van der Waals surface area contributed by atoms with Crippen molar-refractivity contribution in [3.05, 3.63) is 0 Å². The Morgan fingerprint density at radius 1 is 1.28 bits per heavy atom. The SMILES string of the molecule is COC(=O)[C@@]1(C(=O)OC(C)(C)C)CCCC(=O)N1. The molecule has 102 valence electrons. The molecule has 0 unspecified atom stereocenters. The molecule has 0 aromatic carbocycles. The Balaban J connectivity index is 3.01. The predicted molar refractivity (Wildman–Crippen MR) is 62.6 cm³/mol. The first kappa shape index (κ1) is 14.5. The van der Waals surface area contributed by atoms with Crippen molar-refractivity contribution in [2.75, 3.05) is 7.11 Å². The average molecular weight is 257 g/mol. The molecule has 1 aliphatic rings. The van der Waals surface area contributed by atoms with Gasteiger partial charge in [0.2, 0.25) is 11.4 Å². The predicted octanol–water partition coefficient (Wildman–Crippen LogP) is 0.540. The molecule has 1 saturated heterocycles. The topological polar surface area (TPSA) is 81.7 Å². The Bertz CT molecular complexity index is 371. The van der Waals surface area contributed by atoms with Gasteiger partial charge >= 0.3 is 11.9 Å². The first-order valence-electron chi connectivity index (χ1n) is 5.84. The maximum atomic E-state index is 12.1. The lowest BCUT2D eigenvalue weighted by atomic mass is 9.88. The number of nitrogens with one attached hydrogen (secondary N) is 1. The lowest BCUT2D eigenvalue weighted by Crippen LogP contribution is -2.64. The fraction of sp³-hybridized carbons (Fsp3) is 0.750. The molecule has 1 fully saturated rings. The molecule has 1 rings (SSSR count). The zero-order valence-corrected chi connectivity index (χ0v) is 11.2. The first-order valence-corrected chi connectivity index (χ1v) is 5.84. The number of ether oxygens (including phenoxy) is 2. The van der Waals surface area contributed by atoms with Gasteiger partial charge in [-0.3, -0.25) is 4.79 Å². The van der Waals surface area contributed by atoms with Crippen LogP contribution in [-0.2, 0) is 23.9 Å². The van der Waals surface area contributed by atoms with E-state index in [1.165, 1.54) is 7.11 Å². The highest BCUT2D eigenvalue weighted by Crippen LogP contribution is 2.25. The molecular formula is C12H19NO5. The standard InChI is InChI=1S/C12H19NO5/c1-11(2,3)18-10(16)12(9(15)17-4)7-5-6-8(14)13-12/h5-7H2,1-4H3,(H,13,14)/t12-/m1/s1. The van der Waals surface area contributed by atoms with E-state index >= 15 is 0 Å². The van der Waals surface area contributed by atoms with E-state index in [1.54, 1.807) is 20.8 Å². The van der Waals surface area contributed by atoms with E-state index in [2.05, 4.69) is 10.1 Å². The van der Waals surface area contributed by atoms with Crippen LogP contribution in [-0.4, -0.2) is 36.1 Å². The van der Waals surface area contributed by atoms with E-state index in [-0.39, 0.29) is 12.3 Å². The molecular weight excluding hydrogens is 238 g/mol. The van der Waals surface area contributed by atoms with Gasteiger partial charge in [0.25, 0.3) is 0 Å². The summed E-state index contributed by atoms with van der Waals surface area (Å²) >= 11 is 0. The summed E-state index contributed by atoms with van der Waals surface area (Å²) in [5.41, 5.74) is -2.43. The van der Waals surface area contributed by atoms with Gasteiger partial charge in [-0.1, -0.05) is 0 Å². The summed E-state index contributed by atoms with van der Waals surface area (Å²) in [5.74, 6) is -1.91. The molecule has 0 radical (unpaired) electrons. The lowest BCUT2D eigenvalue weighted by Gasteiger charge is -2.35. The van der Waals surface area contributed by atoms with Crippen LogP contribution in [0, 0.1) is 0 Å². The van der Waals surface area contributed by atoms with Gasteiger partial charge in [-0.05, 0) is 33.6 Å². The first-order chi connectivity index (χ1) is 8.21. The molecule has 1 N–H and O–H groups in total. The van der Waals surface area contributed by atoms with Crippen LogP contribution in [0.5, 0.6) is 0 Å². The maximum absolute atomic E-state index is 12.1. The monoisotopic (exact) mass is 257 g/mol. The number of hydrogen-bond acceptors (Lipinski definition) is 5. The number of methoxy groups -OCH3 is 1. The fourth-order valence-corrected chi connectivity index (χ4v) is 1.81. The molecule has 6 nitrogen and oxygen atoms in total. The molecule has 1 amide bonds. The van der Waals surface area contributed by atoms with Crippen molar-refractivity contribution >= 4 is 17.8 Å². The third-order valence-corrected chi connectivity index (χ3v) is 2.59. The molecule has 6 heteroatoms. The van der Waals surface area contributed by atoms with Crippen molar-refractivity contribution in [1.29, 1.82) is 0 Å². The number of carbonyl (C=O) groups excluding carboxylic acids is 3. The van der Waals surface area contributed by atoms with Crippen molar-refractivity contribution in [2.24, 2.45) is 0 Å². The Hall–Kier alpha value is -1.59. The maximum Gasteiger partial charge on any atom is 0.344 e. The van der Waals surface area contributed by atoms with Gasteiger partial charge < -0.3 is 14.8 Å². The van der Waals surface area contributed by atoms with Crippen LogP contribution in [0.2, 0.25) is 0 Å². The third kappa shape index (κ3) is 3.00. The van der Waals surface area contributed by atoms with E-state index in [0.29, 0.717) is 12.8 Å². The summed E-state index contributed by atoms with van der Waals surface area (Å²) in [7, 11) is 1.18. The van der Waals surface area contributed by atoms with Crippen LogP contribution >= 0.6 is 0 Å². The van der Waals surface area contributed by atoms with E-state index < -0.39 is 23.1 Å².